The second-order valence-electron chi connectivity index (χ2n) is 6.41. The van der Waals surface area contributed by atoms with Crippen LogP contribution in [0.4, 0.5) is 0 Å². The van der Waals surface area contributed by atoms with Crippen LogP contribution in [0.2, 0.25) is 0 Å². The fourth-order valence-electron chi connectivity index (χ4n) is 3.32. The summed E-state index contributed by atoms with van der Waals surface area (Å²) in [6.45, 7) is 6.90. The average molecular weight is 342 g/mol. The summed E-state index contributed by atoms with van der Waals surface area (Å²) in [6, 6.07) is -0.0262. The molecule has 0 bridgehead atoms. The van der Waals surface area contributed by atoms with Gasteiger partial charge >= 0.3 is 0 Å². The largest absolute Gasteiger partial charge is 0.342 e. The second-order valence-corrected chi connectivity index (χ2v) is 8.45. The molecule has 2 rings (SSSR count). The van der Waals surface area contributed by atoms with Crippen LogP contribution in [0.5, 0.6) is 0 Å². The molecule has 0 aliphatic carbocycles. The Morgan fingerprint density at radius 2 is 1.91 bits per heavy atom. The number of aromatic amines is 1. The van der Waals surface area contributed by atoms with E-state index in [0.29, 0.717) is 25.9 Å². The van der Waals surface area contributed by atoms with Gasteiger partial charge in [0, 0.05) is 37.4 Å². The minimum absolute atomic E-state index is 0.0262. The van der Waals surface area contributed by atoms with Crippen LogP contribution in [0.3, 0.4) is 0 Å². The minimum Gasteiger partial charge on any atom is -0.342 e. The standard InChI is InChI=1S/C15H26N4O3S/c1-10(14-11(2)16-17-12(14)3)15(20)19-8-6-13(7-9-19)18(4)23(5,21)22/h10,13H,6-9H2,1-5H3,(H,16,17). The normalized spacial score (nSPS) is 18.4. The number of likely N-dealkylation sites (tertiary alicyclic amines) is 1. The number of carbonyl (C=O) groups is 1. The summed E-state index contributed by atoms with van der Waals surface area (Å²) >= 11 is 0. The van der Waals surface area contributed by atoms with E-state index in [2.05, 4.69) is 10.2 Å². The van der Waals surface area contributed by atoms with Gasteiger partial charge in [0.05, 0.1) is 17.9 Å². The third kappa shape index (κ3) is 3.74. The fourth-order valence-corrected chi connectivity index (χ4v) is 4.07. The maximum Gasteiger partial charge on any atom is 0.229 e. The highest BCUT2D eigenvalue weighted by Gasteiger charge is 2.32. The molecule has 1 aromatic heterocycles. The van der Waals surface area contributed by atoms with E-state index in [1.807, 2.05) is 25.7 Å². The minimum atomic E-state index is -3.19. The van der Waals surface area contributed by atoms with Gasteiger partial charge in [-0.2, -0.15) is 5.10 Å². The number of nitrogens with one attached hydrogen (secondary N) is 1. The molecule has 1 aliphatic rings. The number of hydrogen-bond acceptors (Lipinski definition) is 4. The number of nitrogens with zero attached hydrogens (tertiary/aromatic N) is 3. The summed E-state index contributed by atoms with van der Waals surface area (Å²) in [5.74, 6) is -0.156. The predicted octanol–water partition coefficient (Wildman–Crippen LogP) is 1.01. The Labute approximate surface area is 138 Å². The Morgan fingerprint density at radius 3 is 2.35 bits per heavy atom. The van der Waals surface area contributed by atoms with Crippen molar-refractivity contribution in [1.82, 2.24) is 19.4 Å². The molecule has 7 nitrogen and oxygen atoms in total. The van der Waals surface area contributed by atoms with Crippen LogP contribution in [0.1, 0.15) is 42.6 Å². The lowest BCUT2D eigenvalue weighted by atomic mass is 9.96. The average Bonchev–Trinajstić information content (AvgIpc) is 2.83. The maximum absolute atomic E-state index is 12.7. The quantitative estimate of drug-likeness (QED) is 0.885. The molecule has 1 atom stereocenters. The molecule has 130 valence electrons. The zero-order valence-electron chi connectivity index (χ0n) is 14.5. The molecular formula is C15H26N4O3S. The Hall–Kier alpha value is -1.41. The van der Waals surface area contributed by atoms with E-state index in [0.717, 1.165) is 17.0 Å². The number of hydrogen-bond donors (Lipinski definition) is 1. The van der Waals surface area contributed by atoms with Crippen LogP contribution >= 0.6 is 0 Å². The van der Waals surface area contributed by atoms with Crippen molar-refractivity contribution in [3.8, 4) is 0 Å². The summed E-state index contributed by atoms with van der Waals surface area (Å²) in [6.07, 6.45) is 2.56. The molecule has 1 aliphatic heterocycles. The first-order valence-electron chi connectivity index (χ1n) is 7.86. The van der Waals surface area contributed by atoms with Crippen molar-refractivity contribution in [2.45, 2.75) is 45.6 Å². The number of carbonyl (C=O) groups excluding carboxylic acids is 1. The molecule has 23 heavy (non-hydrogen) atoms. The first kappa shape index (κ1) is 17.9. The summed E-state index contributed by atoms with van der Waals surface area (Å²) in [5.41, 5.74) is 2.75. The first-order valence-corrected chi connectivity index (χ1v) is 9.71. The van der Waals surface area contributed by atoms with Crippen molar-refractivity contribution in [2.75, 3.05) is 26.4 Å². The zero-order chi connectivity index (χ0) is 17.4. The van der Waals surface area contributed by atoms with Crippen LogP contribution in [0.25, 0.3) is 0 Å². The highest BCUT2D eigenvalue weighted by Crippen LogP contribution is 2.26. The van der Waals surface area contributed by atoms with E-state index >= 15 is 0 Å². The number of amides is 1. The van der Waals surface area contributed by atoms with Gasteiger partial charge in [-0.1, -0.05) is 0 Å². The van der Waals surface area contributed by atoms with Crippen LogP contribution < -0.4 is 0 Å². The third-order valence-electron chi connectivity index (χ3n) is 4.80. The molecule has 0 aromatic carbocycles. The molecule has 0 spiro atoms. The molecule has 1 unspecified atom stereocenters. The lowest BCUT2D eigenvalue weighted by Gasteiger charge is -2.36. The first-order chi connectivity index (χ1) is 10.6. The molecular weight excluding hydrogens is 316 g/mol. The van der Waals surface area contributed by atoms with E-state index in [1.165, 1.54) is 10.6 Å². The molecule has 1 saturated heterocycles. The number of piperidine rings is 1. The molecule has 0 saturated carbocycles. The van der Waals surface area contributed by atoms with E-state index in [4.69, 9.17) is 0 Å². The van der Waals surface area contributed by atoms with Crippen molar-refractivity contribution < 1.29 is 13.2 Å². The SMILES string of the molecule is Cc1n[nH]c(C)c1C(C)C(=O)N1CCC(N(C)S(C)(=O)=O)CC1. The van der Waals surface area contributed by atoms with Gasteiger partial charge in [0.1, 0.15) is 0 Å². The van der Waals surface area contributed by atoms with Gasteiger partial charge in [0.2, 0.25) is 15.9 Å². The monoisotopic (exact) mass is 342 g/mol. The van der Waals surface area contributed by atoms with Crippen molar-refractivity contribution in [2.24, 2.45) is 0 Å². The number of aryl methyl sites for hydroxylation is 2. The Balaban J connectivity index is 2.01. The second kappa shape index (κ2) is 6.60. The molecule has 1 fully saturated rings. The van der Waals surface area contributed by atoms with Crippen molar-refractivity contribution in [3.05, 3.63) is 17.0 Å². The Morgan fingerprint density at radius 1 is 1.35 bits per heavy atom. The third-order valence-corrected chi connectivity index (χ3v) is 6.15. The van der Waals surface area contributed by atoms with Crippen LogP contribution in [0, 0.1) is 13.8 Å². The van der Waals surface area contributed by atoms with Crippen LogP contribution in [-0.2, 0) is 14.8 Å². The van der Waals surface area contributed by atoms with Gasteiger partial charge < -0.3 is 4.90 Å². The molecule has 1 N–H and O–H groups in total. The lowest BCUT2D eigenvalue weighted by Crippen LogP contribution is -2.47. The van der Waals surface area contributed by atoms with Gasteiger partial charge in [-0.3, -0.25) is 9.89 Å². The highest BCUT2D eigenvalue weighted by atomic mass is 32.2. The lowest BCUT2D eigenvalue weighted by molar-refractivity contribution is -0.133. The summed E-state index contributed by atoms with van der Waals surface area (Å²) in [7, 11) is -1.58. The van der Waals surface area contributed by atoms with Gasteiger partial charge in [-0.15, -0.1) is 0 Å². The van der Waals surface area contributed by atoms with Crippen molar-refractivity contribution in [3.63, 3.8) is 0 Å². The van der Waals surface area contributed by atoms with E-state index < -0.39 is 10.0 Å². The Kier molecular flexibility index (Phi) is 5.15. The summed E-state index contributed by atoms with van der Waals surface area (Å²) in [4.78, 5) is 14.6. The summed E-state index contributed by atoms with van der Waals surface area (Å²) in [5, 5.41) is 7.08. The predicted molar refractivity (Wildman–Crippen MR) is 88.7 cm³/mol. The molecule has 8 heteroatoms. The van der Waals surface area contributed by atoms with Gasteiger partial charge in [0.25, 0.3) is 0 Å². The van der Waals surface area contributed by atoms with Crippen molar-refractivity contribution in [1.29, 1.82) is 0 Å². The molecule has 0 radical (unpaired) electrons. The van der Waals surface area contributed by atoms with E-state index in [1.54, 1.807) is 7.05 Å². The highest BCUT2D eigenvalue weighted by molar-refractivity contribution is 7.88. The zero-order valence-corrected chi connectivity index (χ0v) is 15.3. The van der Waals surface area contributed by atoms with Crippen LogP contribution in [-0.4, -0.2) is 66.2 Å². The van der Waals surface area contributed by atoms with Crippen LogP contribution in [0.15, 0.2) is 0 Å². The number of H-pyrrole nitrogens is 1. The molecule has 1 aromatic rings. The van der Waals surface area contributed by atoms with Gasteiger partial charge in [-0.05, 0) is 33.6 Å². The van der Waals surface area contributed by atoms with Gasteiger partial charge in [0.15, 0.2) is 0 Å². The maximum atomic E-state index is 12.7. The number of aromatic nitrogens is 2. The topological polar surface area (TPSA) is 86.4 Å². The fraction of sp³-hybridized carbons (Fsp3) is 0.733. The molecule has 1 amide bonds. The smallest absolute Gasteiger partial charge is 0.229 e. The Bertz CT molecular complexity index is 655. The number of rotatable bonds is 4. The van der Waals surface area contributed by atoms with Gasteiger partial charge in [-0.25, -0.2) is 12.7 Å². The molecule has 2 heterocycles. The van der Waals surface area contributed by atoms with E-state index in [-0.39, 0.29) is 17.9 Å². The van der Waals surface area contributed by atoms with E-state index in [9.17, 15) is 13.2 Å². The van der Waals surface area contributed by atoms with Crippen molar-refractivity contribution >= 4 is 15.9 Å². The summed E-state index contributed by atoms with van der Waals surface area (Å²) < 4.78 is 24.7. The number of sulfonamides is 1.